The van der Waals surface area contributed by atoms with Gasteiger partial charge in [0.2, 0.25) is 0 Å². The molecule has 166 valence electrons. The lowest BCUT2D eigenvalue weighted by atomic mass is 10.1. The predicted octanol–water partition coefficient (Wildman–Crippen LogP) is 4.36. The number of ether oxygens (including phenoxy) is 1. The molecule has 2 aromatic carbocycles. The average Bonchev–Trinajstić information content (AvgIpc) is 3.37. The molecule has 4 aromatic rings. The Morgan fingerprint density at radius 1 is 1.22 bits per heavy atom. The summed E-state index contributed by atoms with van der Waals surface area (Å²) in [7, 11) is 0. The number of aliphatic hydroxyl groups is 1. The molecule has 0 saturated heterocycles. The maximum atomic E-state index is 12.9. The third-order valence-corrected chi connectivity index (χ3v) is 6.68. The standard InChI is InChI=1S/C23H23N3O4S2/c1-14-6-5-7-17(10-14)29-12-16(27)11-24-22(28)21-19(13-31-23-26-25-15(2)32-23)18-8-3-4-9-20(18)30-21/h3-10,16,27H,11-13H2,1-2H3,(H,24,28). The first-order chi connectivity index (χ1) is 15.5. The summed E-state index contributed by atoms with van der Waals surface area (Å²) in [5.41, 5.74) is 2.51. The van der Waals surface area contributed by atoms with Gasteiger partial charge in [-0.25, -0.2) is 0 Å². The van der Waals surface area contributed by atoms with Gasteiger partial charge in [-0.1, -0.05) is 53.4 Å². The fraction of sp³-hybridized carbons (Fsp3) is 0.261. The molecule has 1 unspecified atom stereocenters. The van der Waals surface area contributed by atoms with Crippen molar-refractivity contribution >= 4 is 40.0 Å². The number of furan rings is 1. The number of benzene rings is 2. The summed E-state index contributed by atoms with van der Waals surface area (Å²) in [6.45, 7) is 3.99. The monoisotopic (exact) mass is 469 g/mol. The molecule has 0 bridgehead atoms. The lowest BCUT2D eigenvalue weighted by Gasteiger charge is -2.13. The fourth-order valence-electron chi connectivity index (χ4n) is 3.14. The highest BCUT2D eigenvalue weighted by Gasteiger charge is 2.21. The van der Waals surface area contributed by atoms with Gasteiger partial charge in [-0.05, 0) is 37.6 Å². The van der Waals surface area contributed by atoms with E-state index in [1.165, 1.54) is 23.1 Å². The summed E-state index contributed by atoms with van der Waals surface area (Å²) in [6, 6.07) is 15.1. The second-order valence-electron chi connectivity index (χ2n) is 7.27. The van der Waals surface area contributed by atoms with E-state index in [2.05, 4.69) is 15.5 Å². The van der Waals surface area contributed by atoms with Crippen LogP contribution < -0.4 is 10.1 Å². The molecule has 0 fully saturated rings. The van der Waals surface area contributed by atoms with Crippen LogP contribution in [0.1, 0.15) is 26.7 Å². The summed E-state index contributed by atoms with van der Waals surface area (Å²) < 4.78 is 12.3. The number of thioether (sulfide) groups is 1. The quantitative estimate of drug-likeness (QED) is 0.352. The van der Waals surface area contributed by atoms with Gasteiger partial charge in [-0.15, -0.1) is 10.2 Å². The molecule has 2 heterocycles. The van der Waals surface area contributed by atoms with Crippen LogP contribution in [0, 0.1) is 13.8 Å². The molecule has 0 radical (unpaired) electrons. The molecule has 0 aliphatic carbocycles. The summed E-state index contributed by atoms with van der Waals surface area (Å²) >= 11 is 3.02. The smallest absolute Gasteiger partial charge is 0.287 e. The number of para-hydroxylation sites is 1. The number of carbonyl (C=O) groups excluding carboxylic acids is 1. The second kappa shape index (κ2) is 10.2. The minimum atomic E-state index is -0.856. The summed E-state index contributed by atoms with van der Waals surface area (Å²) in [5.74, 6) is 1.07. The SMILES string of the molecule is Cc1cccc(OCC(O)CNC(=O)c2oc3ccccc3c2CSc2nnc(C)s2)c1. The van der Waals surface area contributed by atoms with Gasteiger partial charge in [-0.2, -0.15) is 0 Å². The molecule has 32 heavy (non-hydrogen) atoms. The molecule has 9 heteroatoms. The van der Waals surface area contributed by atoms with Crippen LogP contribution in [0.5, 0.6) is 5.75 Å². The highest BCUT2D eigenvalue weighted by molar-refractivity contribution is 8.00. The highest BCUT2D eigenvalue weighted by atomic mass is 32.2. The number of nitrogens with zero attached hydrogens (tertiary/aromatic N) is 2. The fourth-order valence-corrected chi connectivity index (χ4v) is 4.99. The van der Waals surface area contributed by atoms with Gasteiger partial charge in [-0.3, -0.25) is 4.79 Å². The lowest BCUT2D eigenvalue weighted by Crippen LogP contribution is -2.35. The first kappa shape index (κ1) is 22.3. The van der Waals surface area contributed by atoms with Gasteiger partial charge in [0.15, 0.2) is 10.1 Å². The van der Waals surface area contributed by atoms with Gasteiger partial charge in [0.1, 0.15) is 29.1 Å². The lowest BCUT2D eigenvalue weighted by molar-refractivity contribution is 0.0823. The van der Waals surface area contributed by atoms with Crippen LogP contribution in [0.3, 0.4) is 0 Å². The van der Waals surface area contributed by atoms with E-state index >= 15 is 0 Å². The van der Waals surface area contributed by atoms with Crippen LogP contribution in [0.2, 0.25) is 0 Å². The zero-order valence-electron chi connectivity index (χ0n) is 17.7. The Labute approximate surface area is 193 Å². The van der Waals surface area contributed by atoms with Gasteiger partial charge >= 0.3 is 0 Å². The summed E-state index contributed by atoms with van der Waals surface area (Å²) in [5, 5.41) is 22.9. The minimum absolute atomic E-state index is 0.0455. The molecule has 1 atom stereocenters. The Kier molecular flexibility index (Phi) is 7.09. The number of carbonyl (C=O) groups is 1. The Bertz CT molecular complexity index is 1220. The number of hydrogen-bond acceptors (Lipinski definition) is 8. The van der Waals surface area contributed by atoms with Crippen LogP contribution >= 0.6 is 23.1 Å². The van der Waals surface area contributed by atoms with Gasteiger partial charge in [0, 0.05) is 23.2 Å². The topological polar surface area (TPSA) is 97.5 Å². The third-order valence-electron chi connectivity index (χ3n) is 4.68. The molecule has 0 aliphatic rings. The van der Waals surface area contributed by atoms with Gasteiger partial charge in [0.25, 0.3) is 5.91 Å². The van der Waals surface area contributed by atoms with Crippen LogP contribution in [0.25, 0.3) is 11.0 Å². The Balaban J connectivity index is 1.40. The second-order valence-corrected chi connectivity index (χ2v) is 9.68. The normalized spacial score (nSPS) is 12.1. The number of amides is 1. The van der Waals surface area contributed by atoms with Crippen molar-refractivity contribution in [3.63, 3.8) is 0 Å². The molecular formula is C23H23N3O4S2. The number of aliphatic hydroxyl groups excluding tert-OH is 1. The van der Waals surface area contributed by atoms with Crippen molar-refractivity contribution in [2.45, 2.75) is 30.0 Å². The van der Waals surface area contributed by atoms with E-state index < -0.39 is 6.10 Å². The van der Waals surface area contributed by atoms with Crippen LogP contribution in [0.15, 0.2) is 57.3 Å². The van der Waals surface area contributed by atoms with Crippen molar-refractivity contribution in [1.29, 1.82) is 0 Å². The van der Waals surface area contributed by atoms with Crippen molar-refractivity contribution < 1.29 is 19.1 Å². The predicted molar refractivity (Wildman–Crippen MR) is 125 cm³/mol. The van der Waals surface area contributed by atoms with Crippen molar-refractivity contribution in [1.82, 2.24) is 15.5 Å². The van der Waals surface area contributed by atoms with Gasteiger partial charge < -0.3 is 19.6 Å². The molecule has 7 nitrogen and oxygen atoms in total. The zero-order valence-corrected chi connectivity index (χ0v) is 19.3. The van der Waals surface area contributed by atoms with E-state index in [-0.39, 0.29) is 24.8 Å². The molecular weight excluding hydrogens is 446 g/mol. The maximum Gasteiger partial charge on any atom is 0.287 e. The number of aryl methyl sites for hydroxylation is 2. The summed E-state index contributed by atoms with van der Waals surface area (Å²) in [6.07, 6.45) is -0.856. The number of hydrogen-bond donors (Lipinski definition) is 2. The Morgan fingerprint density at radius 2 is 2.06 bits per heavy atom. The van der Waals surface area contributed by atoms with E-state index in [9.17, 15) is 9.90 Å². The summed E-state index contributed by atoms with van der Waals surface area (Å²) in [4.78, 5) is 12.9. The van der Waals surface area contributed by atoms with Crippen molar-refractivity contribution in [3.8, 4) is 5.75 Å². The first-order valence-electron chi connectivity index (χ1n) is 10.1. The third kappa shape index (κ3) is 5.48. The van der Waals surface area contributed by atoms with Gasteiger partial charge in [0.05, 0.1) is 0 Å². The average molecular weight is 470 g/mol. The molecule has 0 aliphatic heterocycles. The zero-order chi connectivity index (χ0) is 22.5. The molecule has 4 rings (SSSR count). The van der Waals surface area contributed by atoms with Crippen molar-refractivity contribution in [3.05, 3.63) is 70.4 Å². The van der Waals surface area contributed by atoms with Crippen LogP contribution in [-0.4, -0.2) is 40.5 Å². The first-order valence-corrected chi connectivity index (χ1v) is 11.9. The largest absolute Gasteiger partial charge is 0.491 e. The number of nitrogens with one attached hydrogen (secondary N) is 1. The molecule has 0 spiro atoms. The van der Waals surface area contributed by atoms with Crippen molar-refractivity contribution in [2.75, 3.05) is 13.2 Å². The minimum Gasteiger partial charge on any atom is -0.491 e. The van der Waals surface area contributed by atoms with E-state index in [1.807, 2.05) is 62.4 Å². The molecule has 2 aromatic heterocycles. The van der Waals surface area contributed by atoms with Crippen molar-refractivity contribution in [2.24, 2.45) is 0 Å². The van der Waals surface area contributed by atoms with E-state index in [1.54, 1.807) is 0 Å². The number of fused-ring (bicyclic) bond motifs is 1. The van der Waals surface area contributed by atoms with Crippen LogP contribution in [-0.2, 0) is 5.75 Å². The van der Waals surface area contributed by atoms with E-state index in [0.717, 1.165) is 25.9 Å². The number of aromatic nitrogens is 2. The highest BCUT2D eigenvalue weighted by Crippen LogP contribution is 2.33. The number of rotatable bonds is 9. The van der Waals surface area contributed by atoms with E-state index in [0.29, 0.717) is 17.1 Å². The Hall–Kier alpha value is -2.88. The Morgan fingerprint density at radius 3 is 2.84 bits per heavy atom. The molecule has 2 N–H and O–H groups in total. The molecule has 1 amide bonds. The van der Waals surface area contributed by atoms with E-state index in [4.69, 9.17) is 9.15 Å². The molecule has 0 saturated carbocycles. The van der Waals surface area contributed by atoms with Crippen LogP contribution in [0.4, 0.5) is 0 Å². The maximum absolute atomic E-state index is 12.9.